The zero-order valence-electron chi connectivity index (χ0n) is 11.6. The summed E-state index contributed by atoms with van der Waals surface area (Å²) in [6.07, 6.45) is 0.968. The van der Waals surface area contributed by atoms with Crippen molar-refractivity contribution in [1.29, 1.82) is 0 Å². The van der Waals surface area contributed by atoms with E-state index >= 15 is 0 Å². The first kappa shape index (κ1) is 14.5. The van der Waals surface area contributed by atoms with E-state index in [1.807, 2.05) is 13.1 Å². The highest BCUT2D eigenvalue weighted by atomic mass is 79.9. The third-order valence-electron chi connectivity index (χ3n) is 2.73. The second kappa shape index (κ2) is 6.01. The van der Waals surface area contributed by atoms with E-state index in [0.717, 1.165) is 33.1 Å². The molecule has 0 aliphatic heterocycles. The summed E-state index contributed by atoms with van der Waals surface area (Å²) in [6.45, 7) is 6.49. The minimum atomic E-state index is 0.587. The van der Waals surface area contributed by atoms with Gasteiger partial charge in [-0.3, -0.25) is 0 Å². The first-order valence-corrected chi connectivity index (χ1v) is 7.92. The summed E-state index contributed by atoms with van der Waals surface area (Å²) in [6, 6.07) is 4.12. The van der Waals surface area contributed by atoms with Crippen molar-refractivity contribution >= 4 is 33.1 Å². The van der Waals surface area contributed by atoms with E-state index in [1.54, 1.807) is 11.3 Å². The van der Waals surface area contributed by atoms with E-state index in [0.29, 0.717) is 5.92 Å². The lowest BCUT2D eigenvalue weighted by atomic mass is 10.1. The fourth-order valence-corrected chi connectivity index (χ4v) is 3.30. The molecule has 3 nitrogen and oxygen atoms in total. The molecule has 2 aromatic rings. The van der Waals surface area contributed by atoms with Gasteiger partial charge in [0.15, 0.2) is 5.82 Å². The Balaban J connectivity index is 2.44. The second-order valence-electron chi connectivity index (χ2n) is 4.93. The smallest absolute Gasteiger partial charge is 0.171 e. The maximum absolute atomic E-state index is 4.68. The lowest BCUT2D eigenvalue weighted by Gasteiger charge is -2.08. The zero-order chi connectivity index (χ0) is 14.0. The monoisotopic (exact) mass is 339 g/mol. The van der Waals surface area contributed by atoms with Crippen LogP contribution in [0.3, 0.4) is 0 Å². The highest BCUT2D eigenvalue weighted by Crippen LogP contribution is 2.33. The number of anilines is 1. The van der Waals surface area contributed by atoms with Crippen LogP contribution in [-0.4, -0.2) is 17.0 Å². The molecule has 0 unspecified atom stereocenters. The quantitative estimate of drug-likeness (QED) is 0.889. The molecule has 2 aromatic heterocycles. The number of rotatable bonds is 4. The minimum Gasteiger partial charge on any atom is -0.373 e. The standard InChI is InChI=1S/C14H18BrN3S/c1-8(2)5-10-6-13(16-4)18-14(17-10)12-7-11(15)9(3)19-12/h6-8H,5H2,1-4H3,(H,16,17,18). The average molecular weight is 340 g/mol. The van der Waals surface area contributed by atoms with Gasteiger partial charge in [0.25, 0.3) is 0 Å². The zero-order valence-corrected chi connectivity index (χ0v) is 14.0. The van der Waals surface area contributed by atoms with E-state index in [2.05, 4.69) is 58.1 Å². The molecule has 0 atom stereocenters. The lowest BCUT2D eigenvalue weighted by Crippen LogP contribution is -2.03. The van der Waals surface area contributed by atoms with Crippen molar-refractivity contribution < 1.29 is 0 Å². The van der Waals surface area contributed by atoms with Crippen molar-refractivity contribution in [3.63, 3.8) is 0 Å². The maximum Gasteiger partial charge on any atom is 0.171 e. The Morgan fingerprint density at radius 2 is 2.05 bits per heavy atom. The molecule has 0 saturated heterocycles. The molecule has 0 radical (unpaired) electrons. The molecule has 0 bridgehead atoms. The number of halogens is 1. The van der Waals surface area contributed by atoms with Crippen LogP contribution < -0.4 is 5.32 Å². The fraction of sp³-hybridized carbons (Fsp3) is 0.429. The van der Waals surface area contributed by atoms with Crippen LogP contribution in [0.25, 0.3) is 10.7 Å². The largest absolute Gasteiger partial charge is 0.373 e. The summed E-state index contributed by atoms with van der Waals surface area (Å²) < 4.78 is 1.12. The van der Waals surface area contributed by atoms with Crippen LogP contribution in [0.4, 0.5) is 5.82 Å². The highest BCUT2D eigenvalue weighted by Gasteiger charge is 2.11. The van der Waals surface area contributed by atoms with Gasteiger partial charge in [0.2, 0.25) is 0 Å². The van der Waals surface area contributed by atoms with Crippen LogP contribution in [0.5, 0.6) is 0 Å². The molecule has 0 aliphatic carbocycles. The minimum absolute atomic E-state index is 0.587. The van der Waals surface area contributed by atoms with E-state index < -0.39 is 0 Å². The Bertz CT molecular complexity index is 559. The Morgan fingerprint density at radius 1 is 1.32 bits per heavy atom. The molecule has 0 amide bonds. The van der Waals surface area contributed by atoms with Gasteiger partial charge in [-0.2, -0.15) is 0 Å². The Labute approximate surface area is 126 Å². The van der Waals surface area contributed by atoms with Gasteiger partial charge in [-0.15, -0.1) is 11.3 Å². The molecule has 19 heavy (non-hydrogen) atoms. The second-order valence-corrected chi connectivity index (χ2v) is 7.04. The third-order valence-corrected chi connectivity index (χ3v) is 4.86. The van der Waals surface area contributed by atoms with E-state index in [-0.39, 0.29) is 0 Å². The van der Waals surface area contributed by atoms with E-state index in [4.69, 9.17) is 0 Å². The number of thiophene rings is 1. The molecule has 0 saturated carbocycles. The topological polar surface area (TPSA) is 37.8 Å². The van der Waals surface area contributed by atoms with Gasteiger partial charge in [0.05, 0.1) is 4.88 Å². The van der Waals surface area contributed by atoms with E-state index in [9.17, 15) is 0 Å². The van der Waals surface area contributed by atoms with Gasteiger partial charge in [-0.05, 0) is 41.3 Å². The normalized spacial score (nSPS) is 11.1. The van der Waals surface area contributed by atoms with Gasteiger partial charge >= 0.3 is 0 Å². The summed E-state index contributed by atoms with van der Waals surface area (Å²) >= 11 is 5.26. The molecule has 0 spiro atoms. The van der Waals surface area contributed by atoms with Crippen molar-refractivity contribution in [3.8, 4) is 10.7 Å². The van der Waals surface area contributed by atoms with Crippen LogP contribution >= 0.6 is 27.3 Å². The molecule has 2 rings (SSSR count). The van der Waals surface area contributed by atoms with Gasteiger partial charge in [0, 0.05) is 28.2 Å². The molecular weight excluding hydrogens is 322 g/mol. The Hall–Kier alpha value is -0.940. The van der Waals surface area contributed by atoms with Crippen LogP contribution in [0, 0.1) is 12.8 Å². The first-order chi connectivity index (χ1) is 8.99. The van der Waals surface area contributed by atoms with Crippen molar-refractivity contribution in [2.24, 2.45) is 5.92 Å². The summed E-state index contributed by atoms with van der Waals surface area (Å²) in [5, 5.41) is 3.11. The number of hydrogen-bond donors (Lipinski definition) is 1. The molecule has 0 aromatic carbocycles. The Kier molecular flexibility index (Phi) is 4.58. The number of hydrogen-bond acceptors (Lipinski definition) is 4. The number of aryl methyl sites for hydroxylation is 1. The maximum atomic E-state index is 4.68. The van der Waals surface area contributed by atoms with Crippen LogP contribution in [0.2, 0.25) is 0 Å². The van der Waals surface area contributed by atoms with Crippen molar-refractivity contribution in [1.82, 2.24) is 9.97 Å². The summed E-state index contributed by atoms with van der Waals surface area (Å²) in [4.78, 5) is 11.6. The number of nitrogens with one attached hydrogen (secondary N) is 1. The Morgan fingerprint density at radius 3 is 2.58 bits per heavy atom. The number of aromatic nitrogens is 2. The molecule has 0 fully saturated rings. The predicted octanol–water partition coefficient (Wildman–Crippen LogP) is 4.52. The van der Waals surface area contributed by atoms with Gasteiger partial charge in [-0.25, -0.2) is 9.97 Å². The van der Waals surface area contributed by atoms with Crippen LogP contribution in [-0.2, 0) is 6.42 Å². The first-order valence-electron chi connectivity index (χ1n) is 6.31. The molecule has 1 N–H and O–H groups in total. The predicted molar refractivity (Wildman–Crippen MR) is 85.9 cm³/mol. The van der Waals surface area contributed by atoms with Crippen molar-refractivity contribution in [2.45, 2.75) is 27.2 Å². The van der Waals surface area contributed by atoms with Gasteiger partial charge < -0.3 is 5.32 Å². The van der Waals surface area contributed by atoms with E-state index in [1.165, 1.54) is 4.88 Å². The van der Waals surface area contributed by atoms with Crippen LogP contribution in [0.15, 0.2) is 16.6 Å². The van der Waals surface area contributed by atoms with Crippen molar-refractivity contribution in [3.05, 3.63) is 27.2 Å². The third kappa shape index (κ3) is 3.54. The summed E-state index contributed by atoms with van der Waals surface area (Å²) in [7, 11) is 1.89. The molecular formula is C14H18BrN3S. The molecule has 2 heterocycles. The van der Waals surface area contributed by atoms with Gasteiger partial charge in [0.1, 0.15) is 5.82 Å². The van der Waals surface area contributed by atoms with Crippen molar-refractivity contribution in [2.75, 3.05) is 12.4 Å². The average Bonchev–Trinajstić information content (AvgIpc) is 2.68. The van der Waals surface area contributed by atoms with Gasteiger partial charge in [-0.1, -0.05) is 13.8 Å². The summed E-state index contributed by atoms with van der Waals surface area (Å²) in [5.41, 5.74) is 1.09. The lowest BCUT2D eigenvalue weighted by molar-refractivity contribution is 0.635. The summed E-state index contributed by atoms with van der Waals surface area (Å²) in [5.74, 6) is 2.27. The van der Waals surface area contributed by atoms with Crippen LogP contribution in [0.1, 0.15) is 24.4 Å². The molecule has 102 valence electrons. The molecule has 0 aliphatic rings. The molecule has 5 heteroatoms. The highest BCUT2D eigenvalue weighted by molar-refractivity contribution is 9.10. The SMILES string of the molecule is CNc1cc(CC(C)C)nc(-c2cc(Br)c(C)s2)n1. The fourth-order valence-electron chi connectivity index (χ4n) is 1.83. The number of nitrogens with zero attached hydrogens (tertiary/aromatic N) is 2.